The summed E-state index contributed by atoms with van der Waals surface area (Å²) >= 11 is 5.49. The molecule has 24 aromatic rings. The van der Waals surface area contributed by atoms with Crippen LogP contribution in [0.1, 0.15) is 0 Å². The maximum atomic E-state index is 6.26. The molecule has 124 heavy (non-hydrogen) atoms. The van der Waals surface area contributed by atoms with Crippen LogP contribution in [0, 0.1) is 0 Å². The number of aromatic nitrogens is 7. The topological polar surface area (TPSA) is 103 Å². The Labute approximate surface area is 726 Å². The van der Waals surface area contributed by atoms with E-state index in [0.717, 1.165) is 123 Å². The zero-order valence-electron chi connectivity index (χ0n) is 66.6. The molecule has 0 bridgehead atoms. The maximum Gasteiger partial charge on any atom is 0.165 e. The summed E-state index contributed by atoms with van der Waals surface area (Å²) in [7, 11) is 0. The first-order valence-corrected chi connectivity index (χ1v) is 43.8. The van der Waals surface area contributed by atoms with E-state index in [1.807, 2.05) is 83.3 Å². The number of pyridine rings is 2. The molecule has 0 saturated heterocycles. The molecule has 8 nitrogen and oxygen atoms in total. The third kappa shape index (κ3) is 13.4. The minimum Gasteiger partial charge on any atom is -0.456 e. The van der Waals surface area contributed by atoms with E-state index in [0.29, 0.717) is 23.3 Å². The van der Waals surface area contributed by atoms with Crippen molar-refractivity contribution in [2.45, 2.75) is 0 Å². The second-order valence-electron chi connectivity index (χ2n) is 30.8. The Morgan fingerprint density at radius 3 is 1.06 bits per heavy atom. The molecule has 0 fully saturated rings. The number of benzene rings is 16. The number of rotatable bonds is 14. The van der Waals surface area contributed by atoms with Crippen LogP contribution in [0.2, 0.25) is 0 Å². The van der Waals surface area contributed by atoms with Crippen molar-refractivity contribution in [1.29, 1.82) is 0 Å². The third-order valence-electron chi connectivity index (χ3n) is 23.3. The molecule has 0 unspecified atom stereocenters. The summed E-state index contributed by atoms with van der Waals surface area (Å²) in [5, 5.41) is 9.30. The number of hydrogen-bond acceptors (Lipinski definition) is 11. The summed E-state index contributed by atoms with van der Waals surface area (Å²) in [5.74, 6) is 2.63. The van der Waals surface area contributed by atoms with Gasteiger partial charge in [-0.2, -0.15) is 0 Å². The molecule has 0 aliphatic carbocycles. The van der Waals surface area contributed by atoms with Gasteiger partial charge in [-0.25, -0.2) is 34.9 Å². The SMILES string of the molecule is c1ccc(-c2nc(-c3ccc(-c4ccc(-c5nc6ccccc6c6sc(-c7ccccc7)c(-c7ccccc7)c56)cc4)cc3)cc(-c3cccc4oc5ccccc5c34)n2)cc1.c1ccc(-c2nc(-c3ccc(-c4ccc(-c5nc6ccccc6c6sc(-c7ccccc7)c(-c7ccccc7)c56)cc4)cc3)nc(-c3cccc4c3sc3ccccc34)n2)cc1. The quantitative estimate of drug-likeness (QED) is 0.106. The van der Waals surface area contributed by atoms with Gasteiger partial charge in [0.15, 0.2) is 23.3 Å². The average molecular weight is 1640 g/mol. The van der Waals surface area contributed by atoms with E-state index in [1.54, 1.807) is 11.3 Å². The van der Waals surface area contributed by atoms with Crippen LogP contribution in [-0.2, 0) is 0 Å². The first-order valence-electron chi connectivity index (χ1n) is 41.4. The molecular weight excluding hydrogens is 1570 g/mol. The van der Waals surface area contributed by atoms with E-state index < -0.39 is 0 Å². The van der Waals surface area contributed by atoms with Gasteiger partial charge in [0.1, 0.15) is 11.2 Å². The van der Waals surface area contributed by atoms with E-state index in [-0.39, 0.29) is 0 Å². The van der Waals surface area contributed by atoms with Gasteiger partial charge in [-0.15, -0.1) is 34.0 Å². The summed E-state index contributed by atoms with van der Waals surface area (Å²) in [4.78, 5) is 38.8. The lowest BCUT2D eigenvalue weighted by Gasteiger charge is -2.12. The average Bonchev–Trinajstić information content (AvgIpc) is 1.55. The van der Waals surface area contributed by atoms with Crippen LogP contribution >= 0.6 is 34.0 Å². The van der Waals surface area contributed by atoms with E-state index in [9.17, 15) is 0 Å². The van der Waals surface area contributed by atoms with Crippen molar-refractivity contribution >= 4 is 118 Å². The van der Waals surface area contributed by atoms with Gasteiger partial charge in [-0.1, -0.05) is 376 Å². The number of nitrogens with zero attached hydrogens (tertiary/aromatic N) is 7. The molecule has 16 aromatic carbocycles. The molecule has 11 heteroatoms. The number of hydrogen-bond donors (Lipinski definition) is 0. The Balaban J connectivity index is 0.000000143. The fourth-order valence-corrected chi connectivity index (χ4v) is 21.3. The summed E-state index contributed by atoms with van der Waals surface area (Å²) < 4.78 is 11.2. The lowest BCUT2D eigenvalue weighted by atomic mass is 9.94. The summed E-state index contributed by atoms with van der Waals surface area (Å²) in [6.45, 7) is 0. The van der Waals surface area contributed by atoms with Crippen LogP contribution < -0.4 is 0 Å². The standard InChI is InChI=1S/C57H35N3OS.C56H34N4S2/c1-4-15-39(16-5-1)51-53-54(58-46-24-12-10-21-44(46)56(53)62-55(51)41-17-6-2-7-18-41)40-33-29-37(30-34-40)36-27-31-38(32-28-36)47-35-48(60-57(59-47)42-19-8-3-9-20-42)43-23-14-26-50-52(43)45-22-11-13-25-49(45)61-50;1-4-15-37(16-5-1)48-49-50(57-46-25-12-10-22-44(46)53(49)62-51(48)39-17-6-2-7-18-39)38-31-27-35(28-32-38)36-29-33-41(34-30-36)55-58-54(40-19-8-3-9-20-40)59-56(60-55)45-24-14-23-43-42-21-11-13-26-47(42)61-52(43)45/h1-35H;1-34H. The van der Waals surface area contributed by atoms with Crippen LogP contribution in [0.4, 0.5) is 0 Å². The number of furan rings is 1. The molecule has 0 radical (unpaired) electrons. The Bertz CT molecular complexity index is 8160. The Morgan fingerprint density at radius 2 is 0.548 bits per heavy atom. The molecular formula is C113H69N7OS3. The van der Waals surface area contributed by atoms with Crippen LogP contribution in [0.5, 0.6) is 0 Å². The van der Waals surface area contributed by atoms with Gasteiger partial charge in [0, 0.05) is 127 Å². The van der Waals surface area contributed by atoms with Crippen molar-refractivity contribution in [3.8, 4) is 156 Å². The van der Waals surface area contributed by atoms with E-state index in [1.165, 1.54) is 94.3 Å². The molecule has 0 atom stereocenters. The van der Waals surface area contributed by atoms with E-state index >= 15 is 0 Å². The van der Waals surface area contributed by atoms with Crippen LogP contribution in [0.25, 0.3) is 240 Å². The van der Waals surface area contributed by atoms with Gasteiger partial charge in [0.2, 0.25) is 0 Å². The molecule has 0 spiro atoms. The highest BCUT2D eigenvalue weighted by atomic mass is 32.1. The van der Waals surface area contributed by atoms with E-state index in [2.05, 4.69) is 358 Å². The fraction of sp³-hybridized carbons (Fsp3) is 0. The predicted molar refractivity (Wildman–Crippen MR) is 519 cm³/mol. The first-order chi connectivity index (χ1) is 61.5. The van der Waals surface area contributed by atoms with Crippen LogP contribution in [0.15, 0.2) is 423 Å². The molecule has 24 rings (SSSR count). The molecule has 8 aromatic heterocycles. The zero-order chi connectivity index (χ0) is 82.0. The van der Waals surface area contributed by atoms with Crippen molar-refractivity contribution in [2.75, 3.05) is 0 Å². The molecule has 0 aliphatic rings. The van der Waals surface area contributed by atoms with Crippen molar-refractivity contribution in [3.63, 3.8) is 0 Å². The number of fused-ring (bicyclic) bond motifs is 12. The highest BCUT2D eigenvalue weighted by Crippen LogP contribution is 2.53. The summed E-state index contributed by atoms with van der Waals surface area (Å²) in [6.07, 6.45) is 0. The van der Waals surface area contributed by atoms with Gasteiger partial charge in [0.05, 0.1) is 33.8 Å². The first kappa shape index (κ1) is 73.5. The smallest absolute Gasteiger partial charge is 0.165 e. The normalized spacial score (nSPS) is 11.5. The summed E-state index contributed by atoms with van der Waals surface area (Å²) in [6, 6.07) is 147. The minimum absolute atomic E-state index is 0.639. The zero-order valence-corrected chi connectivity index (χ0v) is 69.1. The third-order valence-corrected chi connectivity index (χ3v) is 27.1. The van der Waals surface area contributed by atoms with Gasteiger partial charge >= 0.3 is 0 Å². The highest BCUT2D eigenvalue weighted by molar-refractivity contribution is 7.26. The van der Waals surface area contributed by atoms with Crippen LogP contribution in [0.3, 0.4) is 0 Å². The summed E-state index contributed by atoms with van der Waals surface area (Å²) in [5.41, 5.74) is 27.1. The molecule has 0 aliphatic heterocycles. The van der Waals surface area contributed by atoms with Gasteiger partial charge in [-0.3, -0.25) is 0 Å². The molecule has 8 heterocycles. The second kappa shape index (κ2) is 31.5. The molecule has 0 amide bonds. The lowest BCUT2D eigenvalue weighted by Crippen LogP contribution is -2.00. The van der Waals surface area contributed by atoms with Gasteiger partial charge < -0.3 is 4.42 Å². The Kier molecular flexibility index (Phi) is 18.7. The van der Waals surface area contributed by atoms with Crippen molar-refractivity contribution < 1.29 is 4.42 Å². The number of para-hydroxylation sites is 3. The minimum atomic E-state index is 0.639. The fourth-order valence-electron chi connectivity index (χ4n) is 17.3. The second-order valence-corrected chi connectivity index (χ2v) is 33.9. The Hall–Kier alpha value is -15.6. The Morgan fingerprint density at radius 1 is 0.194 bits per heavy atom. The van der Waals surface area contributed by atoms with E-state index in [4.69, 9.17) is 39.3 Å². The van der Waals surface area contributed by atoms with Gasteiger partial charge in [0.25, 0.3) is 0 Å². The van der Waals surface area contributed by atoms with Crippen molar-refractivity contribution in [2.24, 2.45) is 0 Å². The molecule has 580 valence electrons. The number of thiophene rings is 3. The van der Waals surface area contributed by atoms with Crippen molar-refractivity contribution in [1.82, 2.24) is 34.9 Å². The maximum absolute atomic E-state index is 6.26. The monoisotopic (exact) mass is 1640 g/mol. The highest BCUT2D eigenvalue weighted by Gasteiger charge is 2.27. The largest absolute Gasteiger partial charge is 0.456 e. The van der Waals surface area contributed by atoms with Crippen molar-refractivity contribution in [3.05, 3.63) is 419 Å². The molecule has 0 saturated carbocycles. The lowest BCUT2D eigenvalue weighted by molar-refractivity contribution is 0.669. The molecule has 0 N–H and O–H groups in total. The van der Waals surface area contributed by atoms with Gasteiger partial charge in [-0.05, 0) is 87.0 Å². The van der Waals surface area contributed by atoms with Crippen LogP contribution in [-0.4, -0.2) is 34.9 Å². The predicted octanol–water partition coefficient (Wildman–Crippen LogP) is 31.5.